The Morgan fingerprint density at radius 3 is 2.90 bits per heavy atom. The van der Waals surface area contributed by atoms with Crippen LogP contribution >= 0.6 is 11.6 Å². The van der Waals surface area contributed by atoms with Gasteiger partial charge in [0.05, 0.1) is 18.2 Å². The molecule has 1 atom stereocenters. The Hall–Kier alpha value is -1.79. The fourth-order valence-corrected chi connectivity index (χ4v) is 2.01. The third kappa shape index (κ3) is 3.61. The number of carbonyl (C=O) groups is 2. The molecule has 1 aliphatic rings. The molecule has 0 spiro atoms. The topological polar surface area (TPSA) is 76.1 Å². The van der Waals surface area contributed by atoms with Crippen molar-refractivity contribution < 1.29 is 24.2 Å². The van der Waals surface area contributed by atoms with Crippen LogP contribution in [-0.2, 0) is 14.3 Å². The highest BCUT2D eigenvalue weighted by atomic mass is 35.5. The summed E-state index contributed by atoms with van der Waals surface area (Å²) < 4.78 is 10.4. The number of para-hydroxylation sites is 1. The highest BCUT2D eigenvalue weighted by Crippen LogP contribution is 2.23. The van der Waals surface area contributed by atoms with Gasteiger partial charge in [-0.25, -0.2) is 4.79 Å². The van der Waals surface area contributed by atoms with Gasteiger partial charge in [-0.1, -0.05) is 23.7 Å². The number of benzene rings is 1. The SMILES string of the molecule is O=C(O)[C@@H]1CN(C(=O)COc2ccccc2Cl)CCO1. The van der Waals surface area contributed by atoms with Gasteiger partial charge in [0.25, 0.3) is 5.91 Å². The summed E-state index contributed by atoms with van der Waals surface area (Å²) in [5.41, 5.74) is 0. The molecule has 1 fully saturated rings. The van der Waals surface area contributed by atoms with Crippen molar-refractivity contribution in [1.82, 2.24) is 4.90 Å². The molecule has 0 aliphatic carbocycles. The molecule has 0 saturated carbocycles. The van der Waals surface area contributed by atoms with Gasteiger partial charge in [0, 0.05) is 6.54 Å². The van der Waals surface area contributed by atoms with Crippen LogP contribution in [0.2, 0.25) is 5.02 Å². The lowest BCUT2D eigenvalue weighted by Gasteiger charge is -2.30. The first kappa shape index (κ1) is 14.6. The maximum atomic E-state index is 12.0. The minimum atomic E-state index is -1.07. The zero-order valence-electron chi connectivity index (χ0n) is 10.6. The van der Waals surface area contributed by atoms with Crippen LogP contribution in [0.15, 0.2) is 24.3 Å². The Kier molecular flexibility index (Phi) is 4.81. The number of hydrogen-bond donors (Lipinski definition) is 1. The number of nitrogens with zero attached hydrogens (tertiary/aromatic N) is 1. The third-order valence-electron chi connectivity index (χ3n) is 2.88. The van der Waals surface area contributed by atoms with Crippen molar-refractivity contribution in [2.75, 3.05) is 26.3 Å². The zero-order chi connectivity index (χ0) is 14.5. The van der Waals surface area contributed by atoms with Crippen molar-refractivity contribution in [3.05, 3.63) is 29.3 Å². The molecule has 20 heavy (non-hydrogen) atoms. The lowest BCUT2D eigenvalue weighted by Crippen LogP contribution is -2.49. The smallest absolute Gasteiger partial charge is 0.334 e. The molecule has 1 heterocycles. The molecular formula is C13H14ClNO5. The van der Waals surface area contributed by atoms with E-state index in [-0.39, 0.29) is 25.7 Å². The Morgan fingerprint density at radius 2 is 2.20 bits per heavy atom. The van der Waals surface area contributed by atoms with Crippen LogP contribution in [-0.4, -0.2) is 54.3 Å². The lowest BCUT2D eigenvalue weighted by molar-refractivity contribution is -0.159. The molecule has 1 aliphatic heterocycles. The van der Waals surface area contributed by atoms with Crippen molar-refractivity contribution in [3.63, 3.8) is 0 Å². The maximum absolute atomic E-state index is 12.0. The minimum Gasteiger partial charge on any atom is -0.482 e. The molecule has 1 aromatic rings. The Balaban J connectivity index is 1.89. The summed E-state index contributed by atoms with van der Waals surface area (Å²) in [5.74, 6) is -0.945. The summed E-state index contributed by atoms with van der Waals surface area (Å²) in [7, 11) is 0. The second kappa shape index (κ2) is 6.58. The Bertz CT molecular complexity index is 507. The van der Waals surface area contributed by atoms with E-state index >= 15 is 0 Å². The number of hydrogen-bond acceptors (Lipinski definition) is 4. The van der Waals surface area contributed by atoms with E-state index in [4.69, 9.17) is 26.2 Å². The molecule has 1 amide bonds. The number of ether oxygens (including phenoxy) is 2. The van der Waals surface area contributed by atoms with E-state index in [1.165, 1.54) is 4.90 Å². The largest absolute Gasteiger partial charge is 0.482 e. The Morgan fingerprint density at radius 1 is 1.45 bits per heavy atom. The summed E-state index contributed by atoms with van der Waals surface area (Å²) in [4.78, 5) is 24.2. The van der Waals surface area contributed by atoms with E-state index < -0.39 is 12.1 Å². The van der Waals surface area contributed by atoms with E-state index in [0.717, 1.165) is 0 Å². The first-order valence-corrected chi connectivity index (χ1v) is 6.45. The number of carboxylic acids is 1. The summed E-state index contributed by atoms with van der Waals surface area (Å²) in [6.07, 6.45) is -0.979. The van der Waals surface area contributed by atoms with Gasteiger partial charge in [0.15, 0.2) is 12.7 Å². The fourth-order valence-electron chi connectivity index (χ4n) is 1.82. The second-order valence-corrected chi connectivity index (χ2v) is 4.66. The highest BCUT2D eigenvalue weighted by Gasteiger charge is 2.29. The van der Waals surface area contributed by atoms with Crippen molar-refractivity contribution in [1.29, 1.82) is 0 Å². The standard InChI is InChI=1S/C13H14ClNO5/c14-9-3-1-2-4-10(9)20-8-12(16)15-5-6-19-11(7-15)13(17)18/h1-4,11H,5-8H2,(H,17,18)/t11-/m0/s1. The van der Waals surface area contributed by atoms with Gasteiger partial charge in [0.1, 0.15) is 5.75 Å². The molecule has 1 aromatic carbocycles. The van der Waals surface area contributed by atoms with Crippen LogP contribution in [0.1, 0.15) is 0 Å². The molecule has 0 bridgehead atoms. The zero-order valence-corrected chi connectivity index (χ0v) is 11.4. The van der Waals surface area contributed by atoms with Gasteiger partial charge in [-0.05, 0) is 12.1 Å². The highest BCUT2D eigenvalue weighted by molar-refractivity contribution is 6.32. The monoisotopic (exact) mass is 299 g/mol. The maximum Gasteiger partial charge on any atom is 0.334 e. The molecule has 2 rings (SSSR count). The summed E-state index contributed by atoms with van der Waals surface area (Å²) in [6, 6.07) is 6.84. The van der Waals surface area contributed by atoms with Gasteiger partial charge in [-0.15, -0.1) is 0 Å². The molecular weight excluding hydrogens is 286 g/mol. The number of morpholine rings is 1. The van der Waals surface area contributed by atoms with Crippen molar-refractivity contribution >= 4 is 23.5 Å². The summed E-state index contributed by atoms with van der Waals surface area (Å²) in [5, 5.41) is 9.29. The molecule has 6 nitrogen and oxygen atoms in total. The normalized spacial score (nSPS) is 18.6. The number of amides is 1. The molecule has 0 aromatic heterocycles. The van der Waals surface area contributed by atoms with Gasteiger partial charge < -0.3 is 19.5 Å². The molecule has 0 radical (unpaired) electrons. The molecule has 108 valence electrons. The minimum absolute atomic E-state index is 0.0278. The number of halogens is 1. The molecule has 7 heteroatoms. The van der Waals surface area contributed by atoms with Crippen LogP contribution < -0.4 is 4.74 Å². The van der Waals surface area contributed by atoms with Crippen LogP contribution in [0.4, 0.5) is 0 Å². The second-order valence-electron chi connectivity index (χ2n) is 4.26. The van der Waals surface area contributed by atoms with Crippen molar-refractivity contribution in [2.24, 2.45) is 0 Å². The average Bonchev–Trinajstić information content (AvgIpc) is 2.46. The number of carboxylic acid groups (broad SMARTS) is 1. The van der Waals surface area contributed by atoms with E-state index in [1.807, 2.05) is 0 Å². The van der Waals surface area contributed by atoms with Gasteiger partial charge >= 0.3 is 5.97 Å². The van der Waals surface area contributed by atoms with Crippen molar-refractivity contribution in [2.45, 2.75) is 6.10 Å². The summed E-state index contributed by atoms with van der Waals surface area (Å²) >= 11 is 5.91. The van der Waals surface area contributed by atoms with E-state index in [0.29, 0.717) is 17.3 Å². The third-order valence-corrected chi connectivity index (χ3v) is 3.19. The number of rotatable bonds is 4. The van der Waals surface area contributed by atoms with Crippen LogP contribution in [0.25, 0.3) is 0 Å². The van der Waals surface area contributed by atoms with Crippen molar-refractivity contribution in [3.8, 4) is 5.75 Å². The first-order chi connectivity index (χ1) is 9.58. The lowest BCUT2D eigenvalue weighted by atomic mass is 10.2. The van der Waals surface area contributed by atoms with Gasteiger partial charge in [-0.2, -0.15) is 0 Å². The van der Waals surface area contributed by atoms with Crippen LogP contribution in [0, 0.1) is 0 Å². The Labute approximate surface area is 120 Å². The average molecular weight is 300 g/mol. The fraction of sp³-hybridized carbons (Fsp3) is 0.385. The van der Waals surface area contributed by atoms with E-state index in [1.54, 1.807) is 24.3 Å². The quantitative estimate of drug-likeness (QED) is 0.898. The first-order valence-electron chi connectivity index (χ1n) is 6.07. The number of carbonyl (C=O) groups excluding carboxylic acids is 1. The molecule has 1 saturated heterocycles. The summed E-state index contributed by atoms with van der Waals surface area (Å²) in [6.45, 7) is 0.402. The predicted octanol–water partition coefficient (Wildman–Crippen LogP) is 1.03. The molecule has 0 unspecified atom stereocenters. The van der Waals surface area contributed by atoms with Gasteiger partial charge in [0.2, 0.25) is 0 Å². The van der Waals surface area contributed by atoms with Gasteiger partial charge in [-0.3, -0.25) is 4.79 Å². The number of aliphatic carboxylic acids is 1. The van der Waals surface area contributed by atoms with Crippen LogP contribution in [0.3, 0.4) is 0 Å². The van der Waals surface area contributed by atoms with E-state index in [9.17, 15) is 9.59 Å². The predicted molar refractivity (Wildman–Crippen MR) is 70.9 cm³/mol. The molecule has 1 N–H and O–H groups in total. The van der Waals surface area contributed by atoms with Crippen LogP contribution in [0.5, 0.6) is 5.75 Å². The van der Waals surface area contributed by atoms with E-state index in [2.05, 4.69) is 0 Å².